The average molecular weight is 1060 g/mol. The normalized spacial score (nSPS) is 16.9. The van der Waals surface area contributed by atoms with Crippen molar-refractivity contribution >= 4 is 94.8 Å². The third-order valence-corrected chi connectivity index (χ3v) is 17.2. The molecule has 0 bridgehead atoms. The molecular formula is C47H54N3O15S5+. The van der Waals surface area contributed by atoms with Gasteiger partial charge >= 0.3 is 0 Å². The number of amides is 1. The summed E-state index contributed by atoms with van der Waals surface area (Å²) in [6.45, 7) is 13.5. The van der Waals surface area contributed by atoms with Crippen molar-refractivity contribution in [2.75, 3.05) is 30.3 Å². The third kappa shape index (κ3) is 11.1. The van der Waals surface area contributed by atoms with Crippen molar-refractivity contribution in [2.24, 2.45) is 0 Å². The van der Waals surface area contributed by atoms with Crippen LogP contribution in [0, 0.1) is 0 Å². The van der Waals surface area contributed by atoms with E-state index in [1.807, 2.05) is 56.2 Å². The molecule has 0 atom stereocenters. The number of fused-ring (bicyclic) bond motifs is 6. The Balaban J connectivity index is 1.32. The van der Waals surface area contributed by atoms with Gasteiger partial charge < -0.3 is 10.2 Å². The summed E-state index contributed by atoms with van der Waals surface area (Å²) in [4.78, 5) is 11.6. The van der Waals surface area contributed by atoms with Crippen molar-refractivity contribution in [1.82, 2.24) is 5.32 Å². The maximum atomic E-state index is 12.6. The van der Waals surface area contributed by atoms with E-state index in [-0.39, 0.29) is 46.2 Å². The molecule has 0 unspecified atom stereocenters. The number of allylic oxidation sites excluding steroid dienone is 8. The summed E-state index contributed by atoms with van der Waals surface area (Å²) in [5.41, 5.74) is 2.13. The van der Waals surface area contributed by atoms with Gasteiger partial charge in [0.2, 0.25) is 11.6 Å². The number of nitrogens with zero attached hydrogens (tertiary/aromatic N) is 2. The Hall–Kier alpha value is -5.37. The fourth-order valence-electron chi connectivity index (χ4n) is 9.31. The summed E-state index contributed by atoms with van der Waals surface area (Å²) < 4.78 is 165. The molecule has 376 valence electrons. The number of nitrogens with one attached hydrogen (secondary N) is 1. The number of likely N-dealkylation sites (N-methyl/N-ethyl adjacent to an activating group) is 1. The lowest BCUT2D eigenvalue weighted by atomic mass is 9.79. The van der Waals surface area contributed by atoms with Crippen LogP contribution in [0.3, 0.4) is 0 Å². The molecule has 0 aromatic heterocycles. The number of anilines is 1. The summed E-state index contributed by atoms with van der Waals surface area (Å²) in [6, 6.07) is 10.1. The summed E-state index contributed by atoms with van der Waals surface area (Å²) >= 11 is 0. The monoisotopic (exact) mass is 1060 g/mol. The van der Waals surface area contributed by atoms with E-state index in [0.717, 1.165) is 16.8 Å². The quantitative estimate of drug-likeness (QED) is 0.0274. The molecule has 0 saturated carbocycles. The number of unbranched alkanes of at least 4 members (excludes halogenated alkanes) is 2. The van der Waals surface area contributed by atoms with Crippen molar-refractivity contribution in [1.29, 1.82) is 0 Å². The van der Waals surface area contributed by atoms with Gasteiger partial charge in [-0.15, -0.1) is 0 Å². The largest absolute Gasteiger partial charge is 0.355 e. The maximum absolute atomic E-state index is 12.6. The minimum absolute atomic E-state index is 0.0343. The smallest absolute Gasteiger partial charge is 0.295 e. The number of hydrogen-bond acceptors (Lipinski definition) is 12. The highest BCUT2D eigenvalue weighted by Gasteiger charge is 2.46. The maximum Gasteiger partial charge on any atom is 0.295 e. The Labute approximate surface area is 408 Å². The second-order valence-electron chi connectivity index (χ2n) is 17.8. The molecular weight excluding hydrogens is 1010 g/mol. The summed E-state index contributed by atoms with van der Waals surface area (Å²) in [5, 5.41) is 3.92. The molecule has 1 amide bonds. The molecule has 4 aromatic rings. The van der Waals surface area contributed by atoms with Gasteiger partial charge in [0.15, 0.2) is 15.5 Å². The van der Waals surface area contributed by atoms with Gasteiger partial charge in [-0.05, 0) is 92.4 Å². The van der Waals surface area contributed by atoms with Crippen molar-refractivity contribution < 1.29 is 69.7 Å². The van der Waals surface area contributed by atoms with Gasteiger partial charge in [-0.1, -0.05) is 56.9 Å². The highest BCUT2D eigenvalue weighted by atomic mass is 32.2. The number of rotatable bonds is 19. The Morgan fingerprint density at radius 3 is 1.76 bits per heavy atom. The van der Waals surface area contributed by atoms with Crippen molar-refractivity contribution in [3.05, 3.63) is 120 Å². The van der Waals surface area contributed by atoms with Gasteiger partial charge in [-0.3, -0.25) is 23.0 Å². The SMILES string of the molecule is C=CS(=O)(=O)CCNC(=O)CCCCC[N+]1=C(C=CC=CC=CC=C2N(CC)c3ccc4c(S(=O)(=O)O)cc(S(=O)(=O)O)cc4c3C2(C)C)C(C)(C)c2c1ccc1c(S(=O)(=O)O)cc(S(=O)(=O)O)cc21. The van der Waals surface area contributed by atoms with Crippen LogP contribution in [0.1, 0.15) is 71.4 Å². The summed E-state index contributed by atoms with van der Waals surface area (Å²) in [7, 11) is -23.2. The lowest BCUT2D eigenvalue weighted by Gasteiger charge is -2.26. The van der Waals surface area contributed by atoms with Crippen molar-refractivity contribution in [3.8, 4) is 0 Å². The van der Waals surface area contributed by atoms with Crippen LogP contribution in [-0.4, -0.2) is 102 Å². The molecule has 6 rings (SSSR count). The highest BCUT2D eigenvalue weighted by Crippen LogP contribution is 2.52. The van der Waals surface area contributed by atoms with Gasteiger partial charge in [0, 0.05) is 76.6 Å². The number of carbonyl (C=O) groups is 1. The molecule has 4 aromatic carbocycles. The lowest BCUT2D eigenvalue weighted by Crippen LogP contribution is -2.28. The van der Waals surface area contributed by atoms with Crippen molar-refractivity contribution in [3.63, 3.8) is 0 Å². The zero-order valence-corrected chi connectivity index (χ0v) is 42.9. The molecule has 2 heterocycles. The van der Waals surface area contributed by atoms with Gasteiger partial charge in [-0.25, -0.2) is 8.42 Å². The first kappa shape index (κ1) is 54.0. The van der Waals surface area contributed by atoms with Crippen molar-refractivity contribution in [2.45, 2.75) is 90.7 Å². The van der Waals surface area contributed by atoms with E-state index in [2.05, 4.69) is 11.9 Å². The van der Waals surface area contributed by atoms with Crippen LogP contribution in [0.4, 0.5) is 11.4 Å². The lowest BCUT2D eigenvalue weighted by molar-refractivity contribution is -0.438. The van der Waals surface area contributed by atoms with E-state index < -0.39 is 80.7 Å². The van der Waals surface area contributed by atoms with Gasteiger partial charge in [0.05, 0.1) is 21.0 Å². The first-order chi connectivity index (χ1) is 32.4. The first-order valence-corrected chi connectivity index (χ1v) is 29.2. The Morgan fingerprint density at radius 2 is 1.21 bits per heavy atom. The number of sulfone groups is 1. The summed E-state index contributed by atoms with van der Waals surface area (Å²) in [6.07, 6.45) is 14.3. The minimum Gasteiger partial charge on any atom is -0.355 e. The fraction of sp³-hybridized carbons (Fsp3) is 0.319. The Morgan fingerprint density at radius 1 is 0.671 bits per heavy atom. The van der Waals surface area contributed by atoms with E-state index >= 15 is 0 Å². The standard InChI is InChI=1S/C47H53N3O15S5/c1-7-49-37-22-20-33-35(27-31(67(54,55)56)29-39(33)69(60,61)62)44(37)46(3,4)41(49)17-13-10-9-11-14-18-42-47(5,6)45-36-28-32(68(57,58)59)30-40(70(63,64)65)34(36)21-23-38(45)50(42)25-16-12-15-19-43(51)48-24-26-66(52,53)8-2/h8-11,13-14,17-18,20-23,27-30H,2,7,12,15-16,19,24-26H2,1,3-6H3,(H4-,48,51,54,55,56,57,58,59,60,61,62,63,64,65)/p+1. The van der Waals surface area contributed by atoms with Crippen LogP contribution in [0.15, 0.2) is 128 Å². The third-order valence-electron chi connectivity index (χ3n) is 12.5. The van der Waals surface area contributed by atoms with Crippen LogP contribution in [0.5, 0.6) is 0 Å². The zero-order chi connectivity index (χ0) is 52.0. The number of hydrogen-bond donors (Lipinski definition) is 5. The predicted octanol–water partition coefficient (Wildman–Crippen LogP) is 6.96. The molecule has 18 nitrogen and oxygen atoms in total. The average Bonchev–Trinajstić information content (AvgIpc) is 3.61. The van der Waals surface area contributed by atoms with E-state index in [4.69, 9.17) is 0 Å². The number of benzene rings is 4. The van der Waals surface area contributed by atoms with Crippen LogP contribution in [0.2, 0.25) is 0 Å². The fourth-order valence-corrected chi connectivity index (χ4v) is 12.5. The number of carbonyl (C=O) groups excluding carboxylic acids is 1. The van der Waals surface area contributed by atoms with Crippen LogP contribution in [-0.2, 0) is 65.9 Å². The summed E-state index contributed by atoms with van der Waals surface area (Å²) in [5.74, 6) is -0.576. The second-order valence-corrected chi connectivity index (χ2v) is 25.4. The molecule has 0 fully saturated rings. The molecule has 0 aliphatic carbocycles. The van der Waals surface area contributed by atoms with E-state index in [1.165, 1.54) is 24.3 Å². The van der Waals surface area contributed by atoms with Gasteiger partial charge in [-0.2, -0.15) is 38.2 Å². The highest BCUT2D eigenvalue weighted by molar-refractivity contribution is 7.94. The Bertz CT molecular complexity index is 3590. The first-order valence-electron chi connectivity index (χ1n) is 21.7. The van der Waals surface area contributed by atoms with Crippen LogP contribution < -0.4 is 10.2 Å². The van der Waals surface area contributed by atoms with E-state index in [9.17, 15) is 65.1 Å². The van der Waals surface area contributed by atoms with E-state index in [1.54, 1.807) is 42.5 Å². The van der Waals surface area contributed by atoms with Gasteiger partial charge in [0.1, 0.15) is 16.3 Å². The Kier molecular flexibility index (Phi) is 15.2. The second kappa shape index (κ2) is 19.7. The molecule has 2 aliphatic rings. The molecule has 0 saturated heterocycles. The van der Waals surface area contributed by atoms with Crippen LogP contribution in [0.25, 0.3) is 21.5 Å². The molecule has 0 spiro atoms. The topological polar surface area (TPSA) is 287 Å². The molecule has 23 heteroatoms. The molecule has 0 radical (unpaired) electrons. The van der Waals surface area contributed by atoms with Crippen LogP contribution >= 0.6 is 0 Å². The zero-order valence-electron chi connectivity index (χ0n) is 38.8. The molecule has 5 N–H and O–H groups in total. The predicted molar refractivity (Wildman–Crippen MR) is 267 cm³/mol. The van der Waals surface area contributed by atoms with E-state index in [0.29, 0.717) is 67.0 Å². The minimum atomic E-state index is -4.97. The molecule has 70 heavy (non-hydrogen) atoms. The van der Waals surface area contributed by atoms with Gasteiger partial charge in [0.25, 0.3) is 40.5 Å². The molecule has 2 aliphatic heterocycles.